The van der Waals surface area contributed by atoms with E-state index >= 15 is 0 Å². The molecule has 14 heavy (non-hydrogen) atoms. The number of halogens is 1. The van der Waals surface area contributed by atoms with Gasteiger partial charge in [0, 0.05) is 18.1 Å². The normalized spacial score (nSPS) is 10.4. The molecule has 3 nitrogen and oxygen atoms in total. The van der Waals surface area contributed by atoms with E-state index in [2.05, 4.69) is 4.98 Å². The summed E-state index contributed by atoms with van der Waals surface area (Å²) < 4.78 is 14.5. The SMILES string of the molecule is NCc1nccn1-c1ccc(F)cc1. The second-order valence-electron chi connectivity index (χ2n) is 2.89. The summed E-state index contributed by atoms with van der Waals surface area (Å²) in [7, 11) is 0. The van der Waals surface area contributed by atoms with Gasteiger partial charge in [0.15, 0.2) is 0 Å². The average molecular weight is 191 g/mol. The van der Waals surface area contributed by atoms with Gasteiger partial charge in [0.05, 0.1) is 6.54 Å². The highest BCUT2D eigenvalue weighted by Crippen LogP contribution is 2.10. The molecule has 2 N–H and O–H groups in total. The first kappa shape index (κ1) is 8.90. The number of imidazole rings is 1. The van der Waals surface area contributed by atoms with Crippen LogP contribution in [-0.4, -0.2) is 9.55 Å². The highest BCUT2D eigenvalue weighted by atomic mass is 19.1. The second-order valence-corrected chi connectivity index (χ2v) is 2.89. The van der Waals surface area contributed by atoms with E-state index in [9.17, 15) is 4.39 Å². The second kappa shape index (κ2) is 3.59. The van der Waals surface area contributed by atoms with Crippen molar-refractivity contribution in [2.75, 3.05) is 0 Å². The number of hydrogen-bond donors (Lipinski definition) is 1. The van der Waals surface area contributed by atoms with Crippen molar-refractivity contribution in [3.8, 4) is 5.69 Å². The Labute approximate surface area is 81.0 Å². The summed E-state index contributed by atoms with van der Waals surface area (Å²) in [6.45, 7) is 0.365. The van der Waals surface area contributed by atoms with Gasteiger partial charge in [-0.05, 0) is 24.3 Å². The third-order valence-corrected chi connectivity index (χ3v) is 2.00. The molecule has 0 amide bonds. The van der Waals surface area contributed by atoms with Crippen LogP contribution in [0.15, 0.2) is 36.7 Å². The molecule has 1 heterocycles. The van der Waals surface area contributed by atoms with Gasteiger partial charge in [-0.3, -0.25) is 0 Å². The Morgan fingerprint density at radius 3 is 2.64 bits per heavy atom. The number of nitrogens with two attached hydrogens (primary N) is 1. The summed E-state index contributed by atoms with van der Waals surface area (Å²) >= 11 is 0. The maximum atomic E-state index is 12.7. The lowest BCUT2D eigenvalue weighted by Crippen LogP contribution is -2.06. The van der Waals surface area contributed by atoms with Crippen molar-refractivity contribution in [1.29, 1.82) is 0 Å². The molecule has 1 aromatic heterocycles. The summed E-state index contributed by atoms with van der Waals surface area (Å²) in [5.41, 5.74) is 6.37. The Kier molecular flexibility index (Phi) is 2.28. The van der Waals surface area contributed by atoms with Crippen LogP contribution in [0.5, 0.6) is 0 Å². The van der Waals surface area contributed by atoms with Gasteiger partial charge in [0.1, 0.15) is 11.6 Å². The van der Waals surface area contributed by atoms with Crippen LogP contribution in [0.1, 0.15) is 5.82 Å². The van der Waals surface area contributed by atoms with E-state index in [1.165, 1.54) is 12.1 Å². The van der Waals surface area contributed by atoms with Crippen molar-refractivity contribution >= 4 is 0 Å². The first-order valence-electron chi connectivity index (χ1n) is 4.29. The van der Waals surface area contributed by atoms with Crippen LogP contribution in [0, 0.1) is 5.82 Å². The molecule has 0 saturated carbocycles. The van der Waals surface area contributed by atoms with Crippen molar-refractivity contribution in [3.05, 3.63) is 48.3 Å². The van der Waals surface area contributed by atoms with Gasteiger partial charge >= 0.3 is 0 Å². The van der Waals surface area contributed by atoms with Gasteiger partial charge in [-0.1, -0.05) is 0 Å². The lowest BCUT2D eigenvalue weighted by molar-refractivity contribution is 0.627. The van der Waals surface area contributed by atoms with Crippen LogP contribution in [0.2, 0.25) is 0 Å². The fraction of sp³-hybridized carbons (Fsp3) is 0.100. The van der Waals surface area contributed by atoms with Crippen LogP contribution in [0.4, 0.5) is 4.39 Å². The van der Waals surface area contributed by atoms with Crippen molar-refractivity contribution < 1.29 is 4.39 Å². The van der Waals surface area contributed by atoms with Gasteiger partial charge in [-0.2, -0.15) is 0 Å². The average Bonchev–Trinajstić information content (AvgIpc) is 2.67. The topological polar surface area (TPSA) is 43.8 Å². The molecule has 72 valence electrons. The maximum absolute atomic E-state index is 12.7. The van der Waals surface area contributed by atoms with Crippen LogP contribution in [0.3, 0.4) is 0 Å². The molecule has 0 fully saturated rings. The molecule has 0 saturated heterocycles. The largest absolute Gasteiger partial charge is 0.324 e. The number of nitrogens with zero attached hydrogens (tertiary/aromatic N) is 2. The molecule has 0 spiro atoms. The lowest BCUT2D eigenvalue weighted by Gasteiger charge is -2.05. The van der Waals surface area contributed by atoms with Crippen LogP contribution in [0.25, 0.3) is 5.69 Å². The Balaban J connectivity index is 2.44. The molecule has 0 aliphatic heterocycles. The predicted molar refractivity (Wildman–Crippen MR) is 51.4 cm³/mol. The van der Waals surface area contributed by atoms with Crippen molar-refractivity contribution in [2.24, 2.45) is 5.73 Å². The first-order chi connectivity index (χ1) is 6.81. The minimum absolute atomic E-state index is 0.247. The molecule has 1 aromatic carbocycles. The summed E-state index contributed by atoms with van der Waals surface area (Å²) in [6, 6.07) is 6.21. The summed E-state index contributed by atoms with van der Waals surface area (Å²) in [6.07, 6.45) is 3.47. The van der Waals surface area contributed by atoms with E-state index in [4.69, 9.17) is 5.73 Å². The van der Waals surface area contributed by atoms with Crippen molar-refractivity contribution in [2.45, 2.75) is 6.54 Å². The molecule has 0 bridgehead atoms. The monoisotopic (exact) mass is 191 g/mol. The van der Waals surface area contributed by atoms with Gasteiger partial charge < -0.3 is 10.3 Å². The summed E-state index contributed by atoms with van der Waals surface area (Å²) in [5.74, 6) is 0.514. The highest BCUT2D eigenvalue weighted by Gasteiger charge is 2.02. The van der Waals surface area contributed by atoms with Crippen LogP contribution < -0.4 is 5.73 Å². The molecule has 2 aromatic rings. The fourth-order valence-corrected chi connectivity index (χ4v) is 1.32. The highest BCUT2D eigenvalue weighted by molar-refractivity contribution is 5.33. The third-order valence-electron chi connectivity index (χ3n) is 2.00. The van der Waals surface area contributed by atoms with Gasteiger partial charge in [0.2, 0.25) is 0 Å². The zero-order chi connectivity index (χ0) is 9.97. The molecular weight excluding hydrogens is 181 g/mol. The summed E-state index contributed by atoms with van der Waals surface area (Å²) in [5, 5.41) is 0. The maximum Gasteiger partial charge on any atom is 0.126 e. The zero-order valence-corrected chi connectivity index (χ0v) is 7.52. The molecule has 4 heteroatoms. The van der Waals surface area contributed by atoms with Crippen molar-refractivity contribution in [1.82, 2.24) is 9.55 Å². The Morgan fingerprint density at radius 1 is 1.29 bits per heavy atom. The number of aromatic nitrogens is 2. The molecular formula is C10H10FN3. The van der Waals surface area contributed by atoms with E-state index in [0.717, 1.165) is 11.5 Å². The molecule has 0 aliphatic carbocycles. The minimum Gasteiger partial charge on any atom is -0.324 e. The number of hydrogen-bond acceptors (Lipinski definition) is 2. The van der Waals surface area contributed by atoms with Crippen LogP contribution >= 0.6 is 0 Å². The molecule has 2 rings (SSSR count). The van der Waals surface area contributed by atoms with E-state index in [1.807, 2.05) is 4.57 Å². The Morgan fingerprint density at radius 2 is 2.00 bits per heavy atom. The predicted octanol–water partition coefficient (Wildman–Crippen LogP) is 1.47. The smallest absolute Gasteiger partial charge is 0.126 e. The fourth-order valence-electron chi connectivity index (χ4n) is 1.32. The molecule has 0 aliphatic rings. The summed E-state index contributed by atoms with van der Waals surface area (Å²) in [4.78, 5) is 4.08. The van der Waals surface area contributed by atoms with Crippen molar-refractivity contribution in [3.63, 3.8) is 0 Å². The van der Waals surface area contributed by atoms with Crippen LogP contribution in [-0.2, 0) is 6.54 Å². The first-order valence-corrected chi connectivity index (χ1v) is 4.29. The van der Waals surface area contributed by atoms with E-state index in [-0.39, 0.29) is 5.82 Å². The number of benzene rings is 1. The quantitative estimate of drug-likeness (QED) is 0.781. The lowest BCUT2D eigenvalue weighted by atomic mass is 10.3. The Bertz CT molecular complexity index is 419. The van der Waals surface area contributed by atoms with Gasteiger partial charge in [-0.25, -0.2) is 9.37 Å². The number of rotatable bonds is 2. The van der Waals surface area contributed by atoms with E-state index in [1.54, 1.807) is 24.5 Å². The molecule has 0 atom stereocenters. The third kappa shape index (κ3) is 1.52. The van der Waals surface area contributed by atoms with Gasteiger partial charge in [-0.15, -0.1) is 0 Å². The van der Waals surface area contributed by atoms with E-state index < -0.39 is 0 Å². The Hall–Kier alpha value is -1.68. The zero-order valence-electron chi connectivity index (χ0n) is 7.52. The standard InChI is InChI=1S/C10H10FN3/c11-8-1-3-9(4-2-8)14-6-5-13-10(14)7-12/h1-6H,7,12H2. The molecule has 0 radical (unpaired) electrons. The molecule has 0 unspecified atom stereocenters. The minimum atomic E-state index is -0.247. The van der Waals surface area contributed by atoms with E-state index in [0.29, 0.717) is 6.54 Å². The van der Waals surface area contributed by atoms with Gasteiger partial charge in [0.25, 0.3) is 0 Å².